The normalized spacial score (nSPS) is 12.9. The standard InChI is InChI=1S/C24H27NO10S/c1-15(14-36(33,34)10-9-21(27)28)24(32)25-19(12-22(29)30)20(26)13-35-23(31)11-17-7-4-6-16-5-2-3-8-18(16)17/h2-8,15,19H,9-14H2,1H3,(H,25,32)(H,27,28)(H,29,30). The number of ketones is 1. The summed E-state index contributed by atoms with van der Waals surface area (Å²) in [6.45, 7) is 0.466. The maximum absolute atomic E-state index is 12.5. The number of hydrogen-bond donors (Lipinski definition) is 3. The van der Waals surface area contributed by atoms with Crippen molar-refractivity contribution in [2.24, 2.45) is 5.92 Å². The lowest BCUT2D eigenvalue weighted by Crippen LogP contribution is -2.47. The van der Waals surface area contributed by atoms with Gasteiger partial charge in [-0.25, -0.2) is 8.42 Å². The van der Waals surface area contributed by atoms with E-state index in [9.17, 15) is 32.4 Å². The predicted molar refractivity (Wildman–Crippen MR) is 128 cm³/mol. The molecular formula is C24H27NO10S. The Hall–Kier alpha value is -3.80. The second-order valence-electron chi connectivity index (χ2n) is 8.26. The first-order valence-corrected chi connectivity index (χ1v) is 12.8. The molecule has 0 saturated heterocycles. The number of benzene rings is 2. The number of sulfone groups is 1. The molecule has 1 amide bonds. The SMILES string of the molecule is CC(CS(=O)(=O)CCC(=O)O)C(=O)NC(CC(=O)O)C(=O)COC(=O)Cc1cccc2ccccc12. The van der Waals surface area contributed by atoms with E-state index in [1.165, 1.54) is 6.92 Å². The Morgan fingerprint density at radius 3 is 2.31 bits per heavy atom. The monoisotopic (exact) mass is 521 g/mol. The van der Waals surface area contributed by atoms with Crippen molar-refractivity contribution < 1.29 is 47.3 Å². The molecule has 2 unspecified atom stereocenters. The van der Waals surface area contributed by atoms with Gasteiger partial charge in [0.15, 0.2) is 22.2 Å². The van der Waals surface area contributed by atoms with E-state index >= 15 is 0 Å². The molecule has 0 aliphatic heterocycles. The zero-order valence-electron chi connectivity index (χ0n) is 19.5. The number of nitrogens with one attached hydrogen (secondary N) is 1. The number of carbonyl (C=O) groups is 5. The van der Waals surface area contributed by atoms with Gasteiger partial charge < -0.3 is 20.3 Å². The quantitative estimate of drug-likeness (QED) is 0.303. The van der Waals surface area contributed by atoms with Crippen LogP contribution in [0.15, 0.2) is 42.5 Å². The maximum atomic E-state index is 12.5. The molecule has 194 valence electrons. The number of carboxylic acids is 2. The summed E-state index contributed by atoms with van der Waals surface area (Å²) in [6.07, 6.45) is -1.55. The van der Waals surface area contributed by atoms with Crippen LogP contribution >= 0.6 is 0 Å². The molecule has 2 aromatic carbocycles. The minimum atomic E-state index is -3.88. The molecule has 11 nitrogen and oxygen atoms in total. The molecule has 36 heavy (non-hydrogen) atoms. The average molecular weight is 522 g/mol. The lowest BCUT2D eigenvalue weighted by molar-refractivity contribution is -0.148. The molecule has 0 saturated carbocycles. The third kappa shape index (κ3) is 9.10. The van der Waals surface area contributed by atoms with Crippen LogP contribution in [0.2, 0.25) is 0 Å². The van der Waals surface area contributed by atoms with E-state index < -0.39 is 82.3 Å². The molecule has 0 aliphatic carbocycles. The Morgan fingerprint density at radius 1 is 0.972 bits per heavy atom. The van der Waals surface area contributed by atoms with Crippen molar-refractivity contribution >= 4 is 50.2 Å². The largest absolute Gasteiger partial charge is 0.481 e. The van der Waals surface area contributed by atoms with Crippen molar-refractivity contribution in [2.45, 2.75) is 32.2 Å². The van der Waals surface area contributed by atoms with E-state index in [1.807, 2.05) is 30.3 Å². The topological polar surface area (TPSA) is 181 Å². The highest BCUT2D eigenvalue weighted by molar-refractivity contribution is 7.91. The molecule has 0 radical (unpaired) electrons. The lowest BCUT2D eigenvalue weighted by Gasteiger charge is -2.19. The zero-order chi connectivity index (χ0) is 26.9. The summed E-state index contributed by atoms with van der Waals surface area (Å²) >= 11 is 0. The fraction of sp³-hybridized carbons (Fsp3) is 0.375. The number of aliphatic carboxylic acids is 2. The first kappa shape index (κ1) is 28.4. The summed E-state index contributed by atoms with van der Waals surface area (Å²) in [4.78, 5) is 59.0. The van der Waals surface area contributed by atoms with Crippen LogP contribution in [0.4, 0.5) is 0 Å². The molecule has 0 spiro atoms. The van der Waals surface area contributed by atoms with Crippen LogP contribution in [0.5, 0.6) is 0 Å². The van der Waals surface area contributed by atoms with Crippen LogP contribution in [0, 0.1) is 5.92 Å². The first-order chi connectivity index (χ1) is 16.9. The highest BCUT2D eigenvalue weighted by atomic mass is 32.2. The van der Waals surface area contributed by atoms with Gasteiger partial charge in [-0.2, -0.15) is 0 Å². The molecule has 0 heterocycles. The molecule has 2 atom stereocenters. The smallest absolute Gasteiger partial charge is 0.310 e. The molecule has 0 fully saturated rings. The fourth-order valence-corrected chi connectivity index (χ4v) is 4.99. The van der Waals surface area contributed by atoms with Gasteiger partial charge in [-0.05, 0) is 16.3 Å². The number of amides is 1. The van der Waals surface area contributed by atoms with E-state index in [1.54, 1.807) is 12.1 Å². The Balaban J connectivity index is 1.97. The van der Waals surface area contributed by atoms with Gasteiger partial charge in [0.05, 0.1) is 30.8 Å². The number of carboxylic acid groups (broad SMARTS) is 2. The molecular weight excluding hydrogens is 494 g/mol. The highest BCUT2D eigenvalue weighted by Gasteiger charge is 2.29. The Kier molecular flexibility index (Phi) is 10.1. The second-order valence-corrected chi connectivity index (χ2v) is 10.5. The molecule has 3 N–H and O–H groups in total. The average Bonchev–Trinajstić information content (AvgIpc) is 2.80. The molecule has 2 aromatic rings. The van der Waals surface area contributed by atoms with Gasteiger partial charge in [0, 0.05) is 5.92 Å². The van der Waals surface area contributed by atoms with E-state index in [-0.39, 0.29) is 6.42 Å². The van der Waals surface area contributed by atoms with Crippen LogP contribution in [-0.4, -0.2) is 72.4 Å². The van der Waals surface area contributed by atoms with Gasteiger partial charge >= 0.3 is 17.9 Å². The van der Waals surface area contributed by atoms with Gasteiger partial charge in [-0.15, -0.1) is 0 Å². The van der Waals surface area contributed by atoms with Crippen molar-refractivity contribution in [2.75, 3.05) is 18.1 Å². The van der Waals surface area contributed by atoms with E-state index in [4.69, 9.17) is 14.9 Å². The molecule has 0 bridgehead atoms. The van der Waals surface area contributed by atoms with Crippen LogP contribution in [0.3, 0.4) is 0 Å². The Morgan fingerprint density at radius 2 is 1.64 bits per heavy atom. The maximum Gasteiger partial charge on any atom is 0.310 e. The summed E-state index contributed by atoms with van der Waals surface area (Å²) < 4.78 is 29.0. The number of rotatable bonds is 14. The fourth-order valence-electron chi connectivity index (χ4n) is 3.42. The van der Waals surface area contributed by atoms with Gasteiger partial charge in [0.25, 0.3) is 0 Å². The van der Waals surface area contributed by atoms with Crippen molar-refractivity contribution in [3.8, 4) is 0 Å². The van der Waals surface area contributed by atoms with Gasteiger partial charge in [-0.3, -0.25) is 24.0 Å². The molecule has 2 rings (SSSR count). The Labute approximate surface area is 207 Å². The van der Waals surface area contributed by atoms with Crippen LogP contribution < -0.4 is 5.32 Å². The summed E-state index contributed by atoms with van der Waals surface area (Å²) in [5.74, 6) is -7.74. The van der Waals surface area contributed by atoms with Gasteiger partial charge in [-0.1, -0.05) is 49.4 Å². The second kappa shape index (κ2) is 12.8. The third-order valence-corrected chi connectivity index (χ3v) is 7.09. The van der Waals surface area contributed by atoms with E-state index in [0.29, 0.717) is 5.56 Å². The van der Waals surface area contributed by atoms with Crippen molar-refractivity contribution in [1.82, 2.24) is 5.32 Å². The number of ether oxygens (including phenoxy) is 1. The van der Waals surface area contributed by atoms with Crippen molar-refractivity contribution in [1.29, 1.82) is 0 Å². The predicted octanol–water partition coefficient (Wildman–Crippen LogP) is 0.980. The van der Waals surface area contributed by atoms with E-state index in [0.717, 1.165) is 10.8 Å². The zero-order valence-corrected chi connectivity index (χ0v) is 20.3. The molecule has 0 aromatic heterocycles. The Bertz CT molecular complexity index is 1250. The minimum absolute atomic E-state index is 0.129. The molecule has 12 heteroatoms. The van der Waals surface area contributed by atoms with Crippen LogP contribution in [0.1, 0.15) is 25.3 Å². The number of carbonyl (C=O) groups excluding carboxylic acids is 3. The number of fused-ring (bicyclic) bond motifs is 1. The summed E-state index contributed by atoms with van der Waals surface area (Å²) in [5, 5.41) is 21.7. The van der Waals surface area contributed by atoms with E-state index in [2.05, 4.69) is 5.32 Å². The van der Waals surface area contributed by atoms with Crippen molar-refractivity contribution in [3.05, 3.63) is 48.0 Å². The first-order valence-electron chi connectivity index (χ1n) is 11.0. The van der Waals surface area contributed by atoms with Crippen LogP contribution in [-0.2, 0) is 45.0 Å². The highest BCUT2D eigenvalue weighted by Crippen LogP contribution is 2.19. The summed E-state index contributed by atoms with van der Waals surface area (Å²) in [5.41, 5.74) is 0.680. The molecule has 0 aliphatic rings. The number of hydrogen-bond acceptors (Lipinski definition) is 8. The number of esters is 1. The van der Waals surface area contributed by atoms with Gasteiger partial charge in [0.1, 0.15) is 6.04 Å². The minimum Gasteiger partial charge on any atom is -0.481 e. The summed E-state index contributed by atoms with van der Waals surface area (Å²) in [6, 6.07) is 11.2. The van der Waals surface area contributed by atoms with Crippen LogP contribution in [0.25, 0.3) is 10.8 Å². The lowest BCUT2D eigenvalue weighted by atomic mass is 10.0. The third-order valence-electron chi connectivity index (χ3n) is 5.25. The summed E-state index contributed by atoms with van der Waals surface area (Å²) in [7, 11) is -3.88. The number of Topliss-reactive ketones (excluding diaryl/α,β-unsaturated/α-hetero) is 1. The van der Waals surface area contributed by atoms with Gasteiger partial charge in [0.2, 0.25) is 5.91 Å². The van der Waals surface area contributed by atoms with Crippen molar-refractivity contribution in [3.63, 3.8) is 0 Å².